The summed E-state index contributed by atoms with van der Waals surface area (Å²) in [5.41, 5.74) is 0. The molecule has 0 saturated heterocycles. The fraction of sp³-hybridized carbons (Fsp3) is 0.750. The number of carbonyl (C=O) groups is 2. The van der Waals surface area contributed by atoms with Gasteiger partial charge in [0.05, 0.1) is 20.5 Å². The van der Waals surface area contributed by atoms with Crippen molar-refractivity contribution in [2.24, 2.45) is 0 Å². The molecule has 70 valence electrons. The van der Waals surface area contributed by atoms with Crippen LogP contribution in [0.1, 0.15) is 20.3 Å². The number of carboxylic acid groups (broad SMARTS) is 1. The van der Waals surface area contributed by atoms with E-state index in [4.69, 9.17) is 5.11 Å². The van der Waals surface area contributed by atoms with Crippen molar-refractivity contribution in [3.05, 3.63) is 0 Å². The highest BCUT2D eigenvalue weighted by molar-refractivity contribution is 5.76. The van der Waals surface area contributed by atoms with E-state index in [2.05, 4.69) is 0 Å². The molecule has 4 nitrogen and oxygen atoms in total. The molecule has 0 bridgehead atoms. The summed E-state index contributed by atoms with van der Waals surface area (Å²) in [6.45, 7) is 3.27. The molecule has 12 heavy (non-hydrogen) atoms. The van der Waals surface area contributed by atoms with Gasteiger partial charge in [-0.25, -0.2) is 9.59 Å². The number of rotatable bonds is 3. The van der Waals surface area contributed by atoms with E-state index in [1.807, 2.05) is 0 Å². The van der Waals surface area contributed by atoms with E-state index in [1.165, 1.54) is 6.92 Å². The summed E-state index contributed by atoms with van der Waals surface area (Å²) < 4.78 is -0.0914. The number of aliphatic carboxylic acids is 1. The third-order valence-corrected chi connectivity index (χ3v) is 2.27. The Morgan fingerprint density at radius 3 is 2.08 bits per heavy atom. The van der Waals surface area contributed by atoms with Crippen LogP contribution in [0, 0.1) is 0 Å². The fourth-order valence-electron chi connectivity index (χ4n) is 0.900. The third kappa shape index (κ3) is 2.04. The average Bonchev–Trinajstić information content (AvgIpc) is 2.01. The van der Waals surface area contributed by atoms with E-state index in [9.17, 15) is 9.59 Å². The van der Waals surface area contributed by atoms with E-state index in [1.54, 1.807) is 21.0 Å². The summed E-state index contributed by atoms with van der Waals surface area (Å²) in [5, 5.41) is 8.69. The van der Waals surface area contributed by atoms with Gasteiger partial charge in [0.25, 0.3) is 0 Å². The third-order valence-electron chi connectivity index (χ3n) is 2.27. The first-order chi connectivity index (χ1) is 5.34. The van der Waals surface area contributed by atoms with E-state index >= 15 is 0 Å². The molecule has 0 aliphatic heterocycles. The molecule has 0 aliphatic rings. The van der Waals surface area contributed by atoms with Gasteiger partial charge in [-0.1, -0.05) is 6.92 Å². The smallest absolute Gasteiger partial charge is 0.362 e. The lowest BCUT2D eigenvalue weighted by Gasteiger charge is -2.30. The van der Waals surface area contributed by atoms with Crippen LogP contribution in [0.2, 0.25) is 0 Å². The Labute approximate surface area is 72.4 Å². The van der Waals surface area contributed by atoms with Gasteiger partial charge < -0.3 is 5.11 Å². The second-order valence-corrected chi connectivity index (χ2v) is 3.30. The zero-order chi connectivity index (χ0) is 9.94. The maximum absolute atomic E-state index is 11.3. The number of hydrogen-bond donors (Lipinski definition) is 1. The van der Waals surface area contributed by atoms with Gasteiger partial charge in [0.1, 0.15) is 0 Å². The van der Waals surface area contributed by atoms with Crippen LogP contribution in [0.25, 0.3) is 0 Å². The Hall–Kier alpha value is -0.900. The Bertz CT molecular complexity index is 198. The summed E-state index contributed by atoms with van der Waals surface area (Å²) in [6.07, 6.45) is 0.366. The molecular weight excluding hydrogens is 158 g/mol. The van der Waals surface area contributed by atoms with Gasteiger partial charge in [-0.05, 0) is 6.92 Å². The lowest BCUT2D eigenvalue weighted by Crippen LogP contribution is -2.55. The zero-order valence-corrected chi connectivity index (χ0v) is 8.00. The van der Waals surface area contributed by atoms with Gasteiger partial charge in [0.2, 0.25) is 0 Å². The lowest BCUT2D eigenvalue weighted by molar-refractivity contribution is -0.829. The second kappa shape index (κ2) is 3.67. The molecule has 0 aliphatic carbocycles. The molecule has 1 atom stereocenters. The summed E-state index contributed by atoms with van der Waals surface area (Å²) >= 11 is 0. The van der Waals surface area contributed by atoms with E-state index in [0.717, 1.165) is 0 Å². The molecule has 0 spiro atoms. The molecule has 0 saturated carbocycles. The summed E-state index contributed by atoms with van der Waals surface area (Å²) in [5.74, 6) is -1.01. The Balaban J connectivity index is 4.60. The van der Waals surface area contributed by atoms with Crippen LogP contribution in [0.15, 0.2) is 0 Å². The van der Waals surface area contributed by atoms with Crippen molar-refractivity contribution in [2.45, 2.75) is 26.3 Å². The summed E-state index contributed by atoms with van der Waals surface area (Å²) in [7, 11) is 3.23. The van der Waals surface area contributed by atoms with Gasteiger partial charge in [0, 0.05) is 0 Å². The first-order valence-corrected chi connectivity index (χ1v) is 3.93. The van der Waals surface area contributed by atoms with Crippen molar-refractivity contribution in [2.75, 3.05) is 14.1 Å². The predicted molar refractivity (Wildman–Crippen MR) is 44.5 cm³/mol. The molecule has 4 heteroatoms. The van der Waals surface area contributed by atoms with E-state index in [-0.39, 0.29) is 10.4 Å². The van der Waals surface area contributed by atoms with Gasteiger partial charge in [-0.3, -0.25) is 4.48 Å². The second-order valence-electron chi connectivity index (χ2n) is 3.30. The molecule has 0 aromatic heterocycles. The monoisotopic (exact) mass is 174 g/mol. The molecule has 0 unspecified atom stereocenters. The van der Waals surface area contributed by atoms with Crippen molar-refractivity contribution >= 4 is 11.9 Å². The van der Waals surface area contributed by atoms with Crippen molar-refractivity contribution in [3.8, 4) is 0 Å². The fourth-order valence-corrected chi connectivity index (χ4v) is 0.900. The first-order valence-electron chi connectivity index (χ1n) is 3.93. The number of amides is 1. The molecular formula is C8H16NO3+. The Morgan fingerprint density at radius 1 is 1.42 bits per heavy atom. The number of quaternary nitrogens is 1. The molecule has 0 aromatic carbocycles. The standard InChI is InChI=1S/C8H15NO3/c1-5-7(10)9(3,4)6(2)8(11)12/h6H,5H2,1-4H3/p+1/t6-/m0/s1. The number of carbonyl (C=O) groups excluding carboxylic acids is 1. The van der Waals surface area contributed by atoms with Crippen LogP contribution < -0.4 is 0 Å². The number of likely N-dealkylation sites (N-methyl/N-ethyl adjacent to an activating group) is 1. The molecule has 0 aromatic rings. The normalized spacial score (nSPS) is 14.0. The molecule has 0 rings (SSSR count). The molecule has 0 heterocycles. The number of nitrogens with zero attached hydrogens (tertiary/aromatic N) is 1. The number of hydrogen-bond acceptors (Lipinski definition) is 2. The van der Waals surface area contributed by atoms with Crippen molar-refractivity contribution in [1.82, 2.24) is 0 Å². The van der Waals surface area contributed by atoms with Crippen LogP contribution in [0.3, 0.4) is 0 Å². The summed E-state index contributed by atoms with van der Waals surface area (Å²) in [4.78, 5) is 21.9. The van der Waals surface area contributed by atoms with Gasteiger partial charge in [-0.15, -0.1) is 0 Å². The highest BCUT2D eigenvalue weighted by Crippen LogP contribution is 2.09. The average molecular weight is 174 g/mol. The van der Waals surface area contributed by atoms with Crippen LogP contribution in [-0.4, -0.2) is 41.6 Å². The quantitative estimate of drug-likeness (QED) is 0.633. The predicted octanol–water partition coefficient (Wildman–Crippen LogP) is 0.472. The highest BCUT2D eigenvalue weighted by Gasteiger charge is 2.36. The summed E-state index contributed by atoms with van der Waals surface area (Å²) in [6, 6.07) is -0.683. The lowest BCUT2D eigenvalue weighted by atomic mass is 10.2. The molecule has 0 fully saturated rings. The topological polar surface area (TPSA) is 54.4 Å². The van der Waals surface area contributed by atoms with Crippen molar-refractivity contribution in [1.29, 1.82) is 0 Å². The highest BCUT2D eigenvalue weighted by atomic mass is 16.4. The Kier molecular flexibility index (Phi) is 3.39. The maximum Gasteiger partial charge on any atom is 0.362 e. The Morgan fingerprint density at radius 2 is 1.83 bits per heavy atom. The molecule has 1 N–H and O–H groups in total. The minimum atomic E-state index is -0.943. The van der Waals surface area contributed by atoms with Gasteiger partial charge >= 0.3 is 11.9 Å². The van der Waals surface area contributed by atoms with Crippen molar-refractivity contribution in [3.63, 3.8) is 0 Å². The maximum atomic E-state index is 11.3. The SMILES string of the molecule is CCC(=O)[N+](C)(C)[C@@H](C)C(=O)O. The van der Waals surface area contributed by atoms with Crippen LogP contribution in [0.4, 0.5) is 0 Å². The van der Waals surface area contributed by atoms with Crippen LogP contribution in [-0.2, 0) is 9.59 Å². The molecule has 1 amide bonds. The van der Waals surface area contributed by atoms with Gasteiger partial charge in [0.15, 0.2) is 6.04 Å². The van der Waals surface area contributed by atoms with Gasteiger partial charge in [-0.2, -0.15) is 0 Å². The first kappa shape index (κ1) is 11.1. The van der Waals surface area contributed by atoms with E-state index < -0.39 is 12.0 Å². The van der Waals surface area contributed by atoms with E-state index in [0.29, 0.717) is 6.42 Å². The molecule has 0 radical (unpaired) electrons. The minimum absolute atomic E-state index is 0.0649. The zero-order valence-electron chi connectivity index (χ0n) is 8.00. The largest absolute Gasteiger partial charge is 0.477 e. The number of carboxylic acids is 1. The van der Waals surface area contributed by atoms with Crippen LogP contribution in [0.5, 0.6) is 0 Å². The minimum Gasteiger partial charge on any atom is -0.477 e. The van der Waals surface area contributed by atoms with Crippen molar-refractivity contribution < 1.29 is 19.2 Å². The van der Waals surface area contributed by atoms with Crippen LogP contribution >= 0.6 is 0 Å².